The highest BCUT2D eigenvalue weighted by Crippen LogP contribution is 2.28. The highest BCUT2D eigenvalue weighted by Gasteiger charge is 2.12. The molecule has 0 radical (unpaired) electrons. The van der Waals surface area contributed by atoms with Crippen LogP contribution in [0.1, 0.15) is 6.42 Å². The molecule has 5 heteroatoms. The molecule has 0 saturated carbocycles. The molecule has 100 valence electrons. The fraction of sp³-hybridized carbons (Fsp3) is 0.357. The second-order valence-electron chi connectivity index (χ2n) is 4.58. The molecule has 2 N–H and O–H groups in total. The van der Waals surface area contributed by atoms with E-state index in [1.165, 1.54) is 0 Å². The Hall–Kier alpha value is -1.85. The first-order chi connectivity index (χ1) is 9.38. The van der Waals surface area contributed by atoms with E-state index in [9.17, 15) is 0 Å². The molecular formula is C14H17N3O2. The number of hydrogen-bond acceptors (Lipinski definition) is 5. The van der Waals surface area contributed by atoms with Crippen LogP contribution in [-0.4, -0.2) is 31.3 Å². The third-order valence-corrected chi connectivity index (χ3v) is 3.40. The summed E-state index contributed by atoms with van der Waals surface area (Å²) in [6.45, 7) is 3.52. The lowest BCUT2D eigenvalue weighted by Crippen LogP contribution is -2.25. The van der Waals surface area contributed by atoms with Crippen LogP contribution < -0.4 is 15.6 Å². The van der Waals surface area contributed by atoms with E-state index in [1.54, 1.807) is 12.3 Å². The summed E-state index contributed by atoms with van der Waals surface area (Å²) < 4.78 is 5.48. The van der Waals surface area contributed by atoms with Crippen molar-refractivity contribution < 1.29 is 9.57 Å². The number of anilines is 1. The monoisotopic (exact) mass is 259 g/mol. The van der Waals surface area contributed by atoms with E-state index < -0.39 is 0 Å². The maximum atomic E-state index is 5.48. The molecular weight excluding hydrogens is 242 g/mol. The number of nitrogens with two attached hydrogens (primary N) is 1. The number of fused-ring (bicyclic) bond motifs is 1. The molecule has 1 fully saturated rings. The van der Waals surface area contributed by atoms with Crippen LogP contribution in [0.2, 0.25) is 0 Å². The Labute approximate surface area is 111 Å². The molecule has 1 aliphatic heterocycles. The Morgan fingerprint density at radius 3 is 3.05 bits per heavy atom. The first kappa shape index (κ1) is 12.2. The summed E-state index contributed by atoms with van der Waals surface area (Å²) in [5, 5.41) is 0.938. The summed E-state index contributed by atoms with van der Waals surface area (Å²) in [6.07, 6.45) is 2.75. The molecule has 1 aromatic heterocycles. The van der Waals surface area contributed by atoms with Gasteiger partial charge in [-0.25, -0.2) is 0 Å². The van der Waals surface area contributed by atoms with Crippen molar-refractivity contribution in [3.05, 3.63) is 30.5 Å². The zero-order valence-corrected chi connectivity index (χ0v) is 10.7. The van der Waals surface area contributed by atoms with Crippen molar-refractivity contribution in [1.29, 1.82) is 0 Å². The molecule has 0 atom stereocenters. The van der Waals surface area contributed by atoms with Gasteiger partial charge in [0.2, 0.25) is 0 Å². The molecule has 19 heavy (non-hydrogen) atoms. The molecule has 0 spiro atoms. The third kappa shape index (κ3) is 2.47. The Morgan fingerprint density at radius 1 is 1.21 bits per heavy atom. The molecule has 0 amide bonds. The summed E-state index contributed by atoms with van der Waals surface area (Å²) >= 11 is 0. The van der Waals surface area contributed by atoms with Crippen LogP contribution in [0, 0.1) is 0 Å². The van der Waals surface area contributed by atoms with E-state index >= 15 is 0 Å². The van der Waals surface area contributed by atoms with Gasteiger partial charge in [-0.05, 0) is 24.6 Å². The molecule has 0 aliphatic carbocycles. The van der Waals surface area contributed by atoms with Crippen molar-refractivity contribution in [3.8, 4) is 5.75 Å². The average molecular weight is 259 g/mol. The van der Waals surface area contributed by atoms with Crippen LogP contribution >= 0.6 is 0 Å². The molecule has 0 bridgehead atoms. The fourth-order valence-electron chi connectivity index (χ4n) is 2.41. The number of rotatable bonds is 2. The van der Waals surface area contributed by atoms with Crippen LogP contribution in [0.25, 0.3) is 10.9 Å². The fourth-order valence-corrected chi connectivity index (χ4v) is 2.41. The summed E-state index contributed by atoms with van der Waals surface area (Å²) in [7, 11) is 0. The van der Waals surface area contributed by atoms with Crippen molar-refractivity contribution in [1.82, 2.24) is 4.98 Å². The Bertz CT molecular complexity index is 566. The van der Waals surface area contributed by atoms with Crippen LogP contribution in [0.4, 0.5) is 5.69 Å². The van der Waals surface area contributed by atoms with Gasteiger partial charge in [0.15, 0.2) is 5.75 Å². The van der Waals surface area contributed by atoms with E-state index in [1.807, 2.05) is 6.07 Å². The predicted molar refractivity (Wildman–Crippen MR) is 74.2 cm³/mol. The molecule has 0 unspecified atom stereocenters. The summed E-state index contributed by atoms with van der Waals surface area (Å²) in [5.74, 6) is 5.96. The highest BCUT2D eigenvalue weighted by atomic mass is 16.6. The Kier molecular flexibility index (Phi) is 3.48. The minimum atomic E-state index is 0.651. The van der Waals surface area contributed by atoms with Crippen molar-refractivity contribution in [3.63, 3.8) is 0 Å². The van der Waals surface area contributed by atoms with Crippen molar-refractivity contribution in [2.24, 2.45) is 5.90 Å². The minimum Gasteiger partial charge on any atom is -0.411 e. The van der Waals surface area contributed by atoms with Crippen LogP contribution in [0.15, 0.2) is 30.5 Å². The second kappa shape index (κ2) is 5.42. The number of aromatic nitrogens is 1. The van der Waals surface area contributed by atoms with Gasteiger partial charge in [-0.1, -0.05) is 0 Å². The van der Waals surface area contributed by atoms with Crippen LogP contribution in [-0.2, 0) is 4.74 Å². The van der Waals surface area contributed by atoms with Gasteiger partial charge >= 0.3 is 0 Å². The van der Waals surface area contributed by atoms with Gasteiger partial charge in [0.1, 0.15) is 0 Å². The van der Waals surface area contributed by atoms with Crippen molar-refractivity contribution in [2.75, 3.05) is 31.2 Å². The second-order valence-corrected chi connectivity index (χ2v) is 4.58. The SMILES string of the molecule is NOc1ccnc2ccc(N3CCCOCC3)cc12. The number of pyridine rings is 1. The lowest BCUT2D eigenvalue weighted by Gasteiger charge is -2.22. The minimum absolute atomic E-state index is 0.651. The molecule has 1 saturated heterocycles. The summed E-state index contributed by atoms with van der Waals surface area (Å²) in [5.41, 5.74) is 2.04. The number of hydrogen-bond donors (Lipinski definition) is 1. The quantitative estimate of drug-likeness (QED) is 0.832. The van der Waals surface area contributed by atoms with Gasteiger partial charge in [0.25, 0.3) is 0 Å². The van der Waals surface area contributed by atoms with Gasteiger partial charge in [-0.15, -0.1) is 0 Å². The van der Waals surface area contributed by atoms with E-state index in [0.717, 1.165) is 49.3 Å². The largest absolute Gasteiger partial charge is 0.411 e. The zero-order valence-electron chi connectivity index (χ0n) is 10.7. The molecule has 1 aliphatic rings. The van der Waals surface area contributed by atoms with E-state index in [2.05, 4.69) is 22.0 Å². The van der Waals surface area contributed by atoms with Gasteiger partial charge in [-0.3, -0.25) is 4.98 Å². The average Bonchev–Trinajstić information content (AvgIpc) is 2.75. The maximum Gasteiger partial charge on any atom is 0.157 e. The topological polar surface area (TPSA) is 60.6 Å². The third-order valence-electron chi connectivity index (χ3n) is 3.40. The first-order valence-electron chi connectivity index (χ1n) is 6.47. The van der Waals surface area contributed by atoms with Crippen molar-refractivity contribution >= 4 is 16.6 Å². The summed E-state index contributed by atoms with van der Waals surface area (Å²) in [4.78, 5) is 11.5. The van der Waals surface area contributed by atoms with Gasteiger partial charge in [-0.2, -0.15) is 5.90 Å². The highest BCUT2D eigenvalue weighted by molar-refractivity contribution is 5.88. The number of nitrogens with zero attached hydrogens (tertiary/aromatic N) is 2. The van der Waals surface area contributed by atoms with Gasteiger partial charge < -0.3 is 14.5 Å². The Morgan fingerprint density at radius 2 is 2.16 bits per heavy atom. The lowest BCUT2D eigenvalue weighted by molar-refractivity contribution is 0.152. The zero-order chi connectivity index (χ0) is 13.1. The predicted octanol–water partition coefficient (Wildman–Crippen LogP) is 1.71. The number of ether oxygens (including phenoxy) is 1. The van der Waals surface area contributed by atoms with E-state index in [-0.39, 0.29) is 0 Å². The van der Waals surface area contributed by atoms with Gasteiger partial charge in [0.05, 0.1) is 12.1 Å². The standard InChI is InChI=1S/C14H17N3O2/c15-19-14-4-5-16-13-3-2-11(10-12(13)14)17-6-1-8-18-9-7-17/h2-5,10H,1,6-9,15H2. The maximum absolute atomic E-state index is 5.48. The molecule has 3 rings (SSSR count). The Balaban J connectivity index is 1.99. The summed E-state index contributed by atoms with van der Waals surface area (Å²) in [6, 6.07) is 7.94. The molecule has 1 aromatic carbocycles. The smallest absolute Gasteiger partial charge is 0.157 e. The van der Waals surface area contributed by atoms with Crippen molar-refractivity contribution in [2.45, 2.75) is 6.42 Å². The van der Waals surface area contributed by atoms with E-state index in [4.69, 9.17) is 15.5 Å². The first-order valence-corrected chi connectivity index (χ1v) is 6.47. The molecule has 5 nitrogen and oxygen atoms in total. The van der Waals surface area contributed by atoms with E-state index in [0.29, 0.717) is 5.75 Å². The lowest BCUT2D eigenvalue weighted by atomic mass is 10.1. The molecule has 2 aromatic rings. The normalized spacial score (nSPS) is 16.4. The molecule has 2 heterocycles. The van der Waals surface area contributed by atoms with Gasteiger partial charge in [0, 0.05) is 43.0 Å². The van der Waals surface area contributed by atoms with Crippen LogP contribution in [0.5, 0.6) is 5.75 Å². The number of benzene rings is 1. The van der Waals surface area contributed by atoms with Crippen LogP contribution in [0.3, 0.4) is 0 Å².